The van der Waals surface area contributed by atoms with Gasteiger partial charge >= 0.3 is 13.3 Å². The molecule has 0 spiro atoms. The Balaban J connectivity index is 1.89. The zero-order valence-corrected chi connectivity index (χ0v) is 14.8. The predicted octanol–water partition coefficient (Wildman–Crippen LogP) is 3.50. The van der Waals surface area contributed by atoms with Crippen molar-refractivity contribution in [3.05, 3.63) is 41.7 Å². The Labute approximate surface area is 145 Å². The van der Waals surface area contributed by atoms with E-state index >= 15 is 0 Å². The van der Waals surface area contributed by atoms with Crippen LogP contribution in [-0.4, -0.2) is 28.1 Å². The molecule has 0 saturated carbocycles. The van der Waals surface area contributed by atoms with Gasteiger partial charge in [-0.15, -0.1) is 0 Å². The Hall–Kier alpha value is -1.80. The number of hydrogen-bond acceptors (Lipinski definition) is 3. The van der Waals surface area contributed by atoms with Crippen LogP contribution in [0.25, 0.3) is 5.69 Å². The van der Waals surface area contributed by atoms with E-state index in [4.69, 9.17) is 9.31 Å². The summed E-state index contributed by atoms with van der Waals surface area (Å²) in [6.45, 7) is 9.66. The lowest BCUT2D eigenvalue weighted by molar-refractivity contribution is -0.137. The minimum absolute atomic E-state index is 0.472. The molecule has 2 heterocycles. The average Bonchev–Trinajstić information content (AvgIpc) is 2.96. The molecule has 0 amide bonds. The predicted molar refractivity (Wildman–Crippen MR) is 89.0 cm³/mol. The van der Waals surface area contributed by atoms with Gasteiger partial charge < -0.3 is 9.31 Å². The summed E-state index contributed by atoms with van der Waals surface area (Å²) in [6, 6.07) is 4.87. The molecule has 0 atom stereocenters. The van der Waals surface area contributed by atoms with Crippen LogP contribution in [-0.2, 0) is 15.5 Å². The van der Waals surface area contributed by atoms with Gasteiger partial charge in [0.05, 0.1) is 28.1 Å². The van der Waals surface area contributed by atoms with E-state index in [1.165, 1.54) is 16.8 Å². The molecular formula is C17H20BF3N2O2. The van der Waals surface area contributed by atoms with Crippen LogP contribution in [0.5, 0.6) is 0 Å². The molecule has 8 heteroatoms. The summed E-state index contributed by atoms with van der Waals surface area (Å²) in [5.74, 6) is 0. The molecule has 1 aliphatic heterocycles. The van der Waals surface area contributed by atoms with Crippen LogP contribution < -0.4 is 5.46 Å². The molecule has 0 N–H and O–H groups in total. The fourth-order valence-corrected chi connectivity index (χ4v) is 2.61. The first-order chi connectivity index (χ1) is 11.4. The number of alkyl halides is 3. The summed E-state index contributed by atoms with van der Waals surface area (Å²) < 4.78 is 51.6. The topological polar surface area (TPSA) is 36.3 Å². The smallest absolute Gasteiger partial charge is 0.399 e. The first-order valence-corrected chi connectivity index (χ1v) is 8.00. The maximum absolute atomic E-state index is 12.7. The highest BCUT2D eigenvalue weighted by Crippen LogP contribution is 2.36. The molecule has 0 radical (unpaired) electrons. The van der Waals surface area contributed by atoms with Crippen LogP contribution in [0, 0.1) is 6.92 Å². The molecule has 134 valence electrons. The van der Waals surface area contributed by atoms with Gasteiger partial charge in [-0.2, -0.15) is 18.3 Å². The summed E-state index contributed by atoms with van der Waals surface area (Å²) in [6.07, 6.45) is -2.62. The third-order valence-corrected chi connectivity index (χ3v) is 4.90. The van der Waals surface area contributed by atoms with Crippen LogP contribution in [0.2, 0.25) is 0 Å². The van der Waals surface area contributed by atoms with Crippen LogP contribution in [0.3, 0.4) is 0 Å². The summed E-state index contributed by atoms with van der Waals surface area (Å²) in [7, 11) is -0.562. The molecule has 4 nitrogen and oxygen atoms in total. The number of nitrogens with zero attached hydrogens (tertiary/aromatic N) is 2. The van der Waals surface area contributed by atoms with Crippen molar-refractivity contribution in [3.8, 4) is 5.69 Å². The maximum atomic E-state index is 12.7. The number of aromatic nitrogens is 2. The molecule has 2 aromatic rings. The SMILES string of the molecule is Cc1nn(-c2ccc(C(F)(F)F)cc2)cc1B1OC(C)(C)C(C)(C)O1. The van der Waals surface area contributed by atoms with Crippen molar-refractivity contribution in [2.75, 3.05) is 0 Å². The number of benzene rings is 1. The van der Waals surface area contributed by atoms with Gasteiger partial charge in [0, 0.05) is 11.7 Å². The second-order valence-corrected chi connectivity index (χ2v) is 7.25. The molecule has 0 unspecified atom stereocenters. The fourth-order valence-electron chi connectivity index (χ4n) is 2.61. The van der Waals surface area contributed by atoms with Crippen molar-refractivity contribution in [2.24, 2.45) is 0 Å². The number of aryl methyl sites for hydroxylation is 1. The lowest BCUT2D eigenvalue weighted by Gasteiger charge is -2.32. The second kappa shape index (κ2) is 5.61. The highest BCUT2D eigenvalue weighted by Gasteiger charge is 2.52. The standard InChI is InChI=1S/C17H20BF3N2O2/c1-11-14(18-24-15(2,3)16(4,5)25-18)10-23(22-11)13-8-6-12(7-9-13)17(19,20)21/h6-10H,1-5H3. The lowest BCUT2D eigenvalue weighted by atomic mass is 9.79. The molecule has 0 bridgehead atoms. The third-order valence-electron chi connectivity index (χ3n) is 4.90. The number of rotatable bonds is 2. The summed E-state index contributed by atoms with van der Waals surface area (Å²) in [4.78, 5) is 0. The van der Waals surface area contributed by atoms with Crippen LogP contribution in [0.1, 0.15) is 39.0 Å². The van der Waals surface area contributed by atoms with Gasteiger partial charge in [0.1, 0.15) is 0 Å². The maximum Gasteiger partial charge on any atom is 0.498 e. The van der Waals surface area contributed by atoms with Crippen molar-refractivity contribution in [2.45, 2.75) is 52.0 Å². The van der Waals surface area contributed by atoms with Gasteiger partial charge in [-0.3, -0.25) is 0 Å². The highest BCUT2D eigenvalue weighted by molar-refractivity contribution is 6.62. The van der Waals surface area contributed by atoms with E-state index in [1.54, 1.807) is 6.20 Å². The van der Waals surface area contributed by atoms with Crippen molar-refractivity contribution in [1.29, 1.82) is 0 Å². The summed E-state index contributed by atoms with van der Waals surface area (Å²) in [5.41, 5.74) is 0.378. The largest absolute Gasteiger partial charge is 0.498 e. The van der Waals surface area contributed by atoms with Gasteiger partial charge in [0.25, 0.3) is 0 Å². The first kappa shape index (κ1) is 18.0. The minimum Gasteiger partial charge on any atom is -0.399 e. The average molecular weight is 352 g/mol. The molecule has 25 heavy (non-hydrogen) atoms. The normalized spacial score (nSPS) is 19.4. The molecule has 1 aliphatic rings. The second-order valence-electron chi connectivity index (χ2n) is 7.25. The fraction of sp³-hybridized carbons (Fsp3) is 0.471. The van der Waals surface area contributed by atoms with E-state index in [0.717, 1.165) is 17.6 Å². The van der Waals surface area contributed by atoms with Crippen molar-refractivity contribution in [1.82, 2.24) is 9.78 Å². The van der Waals surface area contributed by atoms with Crippen LogP contribution >= 0.6 is 0 Å². The minimum atomic E-state index is -4.35. The zero-order chi connectivity index (χ0) is 18.6. The van der Waals surface area contributed by atoms with Gasteiger partial charge in [0.2, 0.25) is 0 Å². The van der Waals surface area contributed by atoms with Gasteiger partial charge in [-0.1, -0.05) is 0 Å². The van der Waals surface area contributed by atoms with Gasteiger partial charge in [-0.05, 0) is 58.9 Å². The van der Waals surface area contributed by atoms with E-state index < -0.39 is 30.1 Å². The Morgan fingerprint density at radius 1 is 1.00 bits per heavy atom. The Bertz CT molecular complexity index is 766. The van der Waals surface area contributed by atoms with Gasteiger partial charge in [-0.25, -0.2) is 4.68 Å². The van der Waals surface area contributed by atoms with E-state index in [-0.39, 0.29) is 0 Å². The Morgan fingerprint density at radius 3 is 2.00 bits per heavy atom. The molecular weight excluding hydrogens is 332 g/mol. The molecule has 1 aromatic carbocycles. The number of halogens is 3. The van der Waals surface area contributed by atoms with Crippen molar-refractivity contribution < 1.29 is 22.5 Å². The molecule has 1 fully saturated rings. The Morgan fingerprint density at radius 2 is 1.52 bits per heavy atom. The van der Waals surface area contributed by atoms with E-state index in [1.807, 2.05) is 34.6 Å². The van der Waals surface area contributed by atoms with Crippen molar-refractivity contribution in [3.63, 3.8) is 0 Å². The summed E-state index contributed by atoms with van der Waals surface area (Å²) in [5, 5.41) is 4.39. The van der Waals surface area contributed by atoms with E-state index in [0.29, 0.717) is 11.4 Å². The first-order valence-electron chi connectivity index (χ1n) is 8.00. The lowest BCUT2D eigenvalue weighted by Crippen LogP contribution is -2.41. The zero-order valence-electron chi connectivity index (χ0n) is 14.8. The summed E-state index contributed by atoms with van der Waals surface area (Å²) >= 11 is 0. The van der Waals surface area contributed by atoms with Crippen LogP contribution in [0.4, 0.5) is 13.2 Å². The molecule has 1 saturated heterocycles. The quantitative estimate of drug-likeness (QED) is 0.777. The van der Waals surface area contributed by atoms with Crippen LogP contribution in [0.15, 0.2) is 30.5 Å². The monoisotopic (exact) mass is 352 g/mol. The highest BCUT2D eigenvalue weighted by atomic mass is 19.4. The Kier molecular flexibility index (Phi) is 4.04. The van der Waals surface area contributed by atoms with E-state index in [9.17, 15) is 13.2 Å². The molecule has 1 aromatic heterocycles. The number of hydrogen-bond donors (Lipinski definition) is 0. The van der Waals surface area contributed by atoms with E-state index in [2.05, 4.69) is 5.10 Å². The molecule has 0 aliphatic carbocycles. The third kappa shape index (κ3) is 3.20. The molecule has 3 rings (SSSR count). The van der Waals surface area contributed by atoms with Gasteiger partial charge in [0.15, 0.2) is 0 Å². The van der Waals surface area contributed by atoms with Crippen molar-refractivity contribution >= 4 is 12.6 Å².